The van der Waals surface area contributed by atoms with Crippen LogP contribution in [0.5, 0.6) is 0 Å². The first-order valence-electron chi connectivity index (χ1n) is 7.80. The number of carbonyl (C=O) groups is 2. The lowest BCUT2D eigenvalue weighted by Gasteiger charge is -2.23. The summed E-state index contributed by atoms with van der Waals surface area (Å²) in [5.41, 5.74) is -0.752. The molecule has 1 aliphatic heterocycles. The molecule has 0 saturated carbocycles. The molecule has 0 aliphatic carbocycles. The van der Waals surface area contributed by atoms with E-state index in [4.69, 9.17) is 11.6 Å². The number of cyclic esters (lactones) is 1. The number of alkyl halides is 3. The van der Waals surface area contributed by atoms with Gasteiger partial charge in [0.2, 0.25) is 11.7 Å². The third-order valence-corrected chi connectivity index (χ3v) is 4.13. The SMILES string of the molecule is CC1C(C(F)(F)F)OC(=O)N1c1ncccc1NC(=O)c1cc(Cl)[nH]c(=O)c1. The highest BCUT2D eigenvalue weighted by atomic mass is 35.5. The van der Waals surface area contributed by atoms with Gasteiger partial charge in [-0.15, -0.1) is 0 Å². The molecular weight excluding hydrogens is 405 g/mol. The zero-order valence-corrected chi connectivity index (χ0v) is 14.8. The van der Waals surface area contributed by atoms with Crippen LogP contribution in [-0.2, 0) is 4.74 Å². The zero-order valence-electron chi connectivity index (χ0n) is 14.1. The van der Waals surface area contributed by atoms with Crippen molar-refractivity contribution in [2.24, 2.45) is 0 Å². The van der Waals surface area contributed by atoms with E-state index in [9.17, 15) is 27.6 Å². The third kappa shape index (κ3) is 3.79. The smallest absolute Gasteiger partial charge is 0.427 e. The molecule has 2 unspecified atom stereocenters. The number of ether oxygens (including phenoxy) is 1. The Balaban J connectivity index is 1.93. The topological polar surface area (TPSA) is 104 Å². The number of carbonyl (C=O) groups excluding carboxylic acids is 2. The fourth-order valence-electron chi connectivity index (χ4n) is 2.71. The standard InChI is InChI=1S/C16H12ClF3N4O4/c1-7-12(16(18,19)20)28-15(27)24(7)13-9(3-2-4-21-13)22-14(26)8-5-10(17)23-11(25)6-8/h2-7,12H,1H3,(H,22,26)(H,23,25). The van der Waals surface area contributed by atoms with Gasteiger partial charge < -0.3 is 15.0 Å². The fourth-order valence-corrected chi connectivity index (χ4v) is 2.92. The van der Waals surface area contributed by atoms with Gasteiger partial charge in [0, 0.05) is 17.8 Å². The van der Waals surface area contributed by atoms with Crippen molar-refractivity contribution in [3.8, 4) is 0 Å². The number of amides is 2. The number of aromatic nitrogens is 2. The zero-order chi connectivity index (χ0) is 20.6. The van der Waals surface area contributed by atoms with Crippen LogP contribution in [0.3, 0.4) is 0 Å². The summed E-state index contributed by atoms with van der Waals surface area (Å²) in [6.07, 6.45) is -7.10. The molecule has 1 aliphatic rings. The molecule has 148 valence electrons. The maximum absolute atomic E-state index is 13.0. The monoisotopic (exact) mass is 416 g/mol. The van der Waals surface area contributed by atoms with Crippen LogP contribution >= 0.6 is 11.6 Å². The van der Waals surface area contributed by atoms with E-state index in [1.165, 1.54) is 24.4 Å². The number of nitrogens with zero attached hydrogens (tertiary/aromatic N) is 2. The average molecular weight is 417 g/mol. The lowest BCUT2D eigenvalue weighted by molar-refractivity contribution is -0.198. The van der Waals surface area contributed by atoms with Gasteiger partial charge in [-0.2, -0.15) is 13.2 Å². The molecule has 2 aromatic heterocycles. The van der Waals surface area contributed by atoms with Gasteiger partial charge in [-0.3, -0.25) is 14.5 Å². The van der Waals surface area contributed by atoms with Crippen molar-refractivity contribution in [3.63, 3.8) is 0 Å². The number of halogens is 4. The predicted octanol–water partition coefficient (Wildman–Crippen LogP) is 2.95. The van der Waals surface area contributed by atoms with E-state index in [0.717, 1.165) is 13.0 Å². The van der Waals surface area contributed by atoms with Crippen LogP contribution in [0.2, 0.25) is 5.15 Å². The van der Waals surface area contributed by atoms with Crippen molar-refractivity contribution in [1.82, 2.24) is 9.97 Å². The van der Waals surface area contributed by atoms with Gasteiger partial charge in [-0.1, -0.05) is 11.6 Å². The van der Waals surface area contributed by atoms with Crippen LogP contribution < -0.4 is 15.8 Å². The summed E-state index contributed by atoms with van der Waals surface area (Å²) >= 11 is 5.71. The van der Waals surface area contributed by atoms with Crippen LogP contribution in [0.15, 0.2) is 35.3 Å². The Labute approximate surface area is 160 Å². The van der Waals surface area contributed by atoms with E-state index in [2.05, 4.69) is 20.0 Å². The van der Waals surface area contributed by atoms with Crippen LogP contribution in [0.25, 0.3) is 0 Å². The van der Waals surface area contributed by atoms with Crippen LogP contribution in [-0.4, -0.2) is 40.3 Å². The Morgan fingerprint density at radius 1 is 1.36 bits per heavy atom. The van der Waals surface area contributed by atoms with E-state index in [0.29, 0.717) is 4.90 Å². The summed E-state index contributed by atoms with van der Waals surface area (Å²) in [6, 6.07) is 3.53. The van der Waals surface area contributed by atoms with Crippen molar-refractivity contribution in [2.75, 3.05) is 10.2 Å². The van der Waals surface area contributed by atoms with Crippen molar-refractivity contribution in [1.29, 1.82) is 0 Å². The molecule has 3 rings (SSSR count). The molecule has 1 fully saturated rings. The minimum atomic E-state index is -4.76. The second-order valence-electron chi connectivity index (χ2n) is 5.87. The number of anilines is 2. The third-order valence-electron chi connectivity index (χ3n) is 3.93. The summed E-state index contributed by atoms with van der Waals surface area (Å²) in [5, 5.41) is 2.33. The van der Waals surface area contributed by atoms with Crippen molar-refractivity contribution in [3.05, 3.63) is 51.5 Å². The Kier molecular flexibility index (Phi) is 5.02. The van der Waals surface area contributed by atoms with Gasteiger partial charge in [0.15, 0.2) is 5.82 Å². The fraction of sp³-hybridized carbons (Fsp3) is 0.250. The highest BCUT2D eigenvalue weighted by Gasteiger charge is 2.55. The first kappa shape index (κ1) is 19.7. The second-order valence-corrected chi connectivity index (χ2v) is 6.27. The van der Waals surface area contributed by atoms with E-state index < -0.39 is 35.9 Å². The van der Waals surface area contributed by atoms with Gasteiger partial charge in [-0.25, -0.2) is 9.78 Å². The van der Waals surface area contributed by atoms with Crippen molar-refractivity contribution < 1.29 is 27.5 Å². The Bertz CT molecular complexity index is 994. The summed E-state index contributed by atoms with van der Waals surface area (Å²) in [6.45, 7) is 1.15. The van der Waals surface area contributed by atoms with Gasteiger partial charge >= 0.3 is 12.3 Å². The molecule has 28 heavy (non-hydrogen) atoms. The maximum atomic E-state index is 13.0. The van der Waals surface area contributed by atoms with Gasteiger partial charge in [0.1, 0.15) is 5.15 Å². The first-order chi connectivity index (χ1) is 13.1. The summed E-state index contributed by atoms with van der Waals surface area (Å²) in [5.74, 6) is -0.995. The molecule has 2 atom stereocenters. The number of hydrogen-bond donors (Lipinski definition) is 2. The molecule has 0 aromatic carbocycles. The molecule has 2 N–H and O–H groups in total. The Morgan fingerprint density at radius 2 is 2.07 bits per heavy atom. The summed E-state index contributed by atoms with van der Waals surface area (Å²) in [7, 11) is 0. The minimum absolute atomic E-state index is 0.0458. The molecule has 0 bridgehead atoms. The van der Waals surface area contributed by atoms with Crippen LogP contribution in [0, 0.1) is 0 Å². The van der Waals surface area contributed by atoms with E-state index in [1.54, 1.807) is 0 Å². The van der Waals surface area contributed by atoms with E-state index >= 15 is 0 Å². The van der Waals surface area contributed by atoms with Gasteiger partial charge in [0.25, 0.3) is 5.91 Å². The number of rotatable bonds is 3. The molecule has 2 amide bonds. The Hall–Kier alpha value is -3.08. The average Bonchev–Trinajstić information content (AvgIpc) is 2.89. The molecule has 12 heteroatoms. The highest BCUT2D eigenvalue weighted by Crippen LogP contribution is 2.37. The molecule has 0 spiro atoms. The van der Waals surface area contributed by atoms with Gasteiger partial charge in [0.05, 0.1) is 11.7 Å². The number of nitrogens with one attached hydrogen (secondary N) is 2. The maximum Gasteiger partial charge on any atom is 0.427 e. The highest BCUT2D eigenvalue weighted by molar-refractivity contribution is 6.29. The number of hydrogen-bond acceptors (Lipinski definition) is 5. The normalized spacial score (nSPS) is 19.5. The largest absolute Gasteiger partial charge is 0.434 e. The minimum Gasteiger partial charge on any atom is -0.434 e. The number of aromatic amines is 1. The molecule has 0 radical (unpaired) electrons. The number of H-pyrrole nitrogens is 1. The lowest BCUT2D eigenvalue weighted by Crippen LogP contribution is -2.41. The second kappa shape index (κ2) is 7.15. The van der Waals surface area contributed by atoms with Crippen LogP contribution in [0.4, 0.5) is 29.5 Å². The molecule has 1 saturated heterocycles. The van der Waals surface area contributed by atoms with Gasteiger partial charge in [-0.05, 0) is 25.1 Å². The summed E-state index contributed by atoms with van der Waals surface area (Å²) < 4.78 is 43.6. The molecule has 8 nitrogen and oxygen atoms in total. The molecule has 2 aromatic rings. The Morgan fingerprint density at radius 3 is 2.68 bits per heavy atom. The molecule has 3 heterocycles. The summed E-state index contributed by atoms with van der Waals surface area (Å²) in [4.78, 5) is 42.8. The first-order valence-corrected chi connectivity index (χ1v) is 8.18. The predicted molar refractivity (Wildman–Crippen MR) is 92.5 cm³/mol. The van der Waals surface area contributed by atoms with Crippen molar-refractivity contribution >= 4 is 35.1 Å². The van der Waals surface area contributed by atoms with E-state index in [-0.39, 0.29) is 22.2 Å². The van der Waals surface area contributed by atoms with Crippen LogP contribution in [0.1, 0.15) is 17.3 Å². The number of pyridine rings is 2. The van der Waals surface area contributed by atoms with E-state index in [1.807, 2.05) is 0 Å². The quantitative estimate of drug-likeness (QED) is 0.748. The molecular formula is C16H12ClF3N4O4. The lowest BCUT2D eigenvalue weighted by atomic mass is 10.1. The van der Waals surface area contributed by atoms with Crippen molar-refractivity contribution in [2.45, 2.75) is 25.2 Å².